The third kappa shape index (κ3) is 5.75. The summed E-state index contributed by atoms with van der Waals surface area (Å²) in [6.07, 6.45) is 0. The maximum atomic E-state index is 12.2. The van der Waals surface area contributed by atoms with Crippen molar-refractivity contribution in [1.29, 1.82) is 0 Å². The molecule has 1 saturated heterocycles. The first-order chi connectivity index (χ1) is 12.9. The number of carbonyl (C=O) groups is 1. The molecular formula is C22H28N2O2S. The highest BCUT2D eigenvalue weighted by Gasteiger charge is 2.13. The Kier molecular flexibility index (Phi) is 6.45. The maximum Gasteiger partial charge on any atom is 0.234 e. The minimum atomic E-state index is 0.0130. The number of hydrogen-bond acceptors (Lipinski definition) is 4. The summed E-state index contributed by atoms with van der Waals surface area (Å²) in [4.78, 5) is 15.6. The lowest BCUT2D eigenvalue weighted by molar-refractivity contribution is -0.113. The van der Waals surface area contributed by atoms with Crippen LogP contribution in [0, 0.1) is 0 Å². The molecule has 0 bridgehead atoms. The molecular weight excluding hydrogens is 356 g/mol. The summed E-state index contributed by atoms with van der Waals surface area (Å²) in [7, 11) is 0. The number of thioether (sulfide) groups is 1. The Morgan fingerprint density at radius 1 is 1.04 bits per heavy atom. The number of nitrogens with one attached hydrogen (secondary N) is 1. The summed E-state index contributed by atoms with van der Waals surface area (Å²) in [5, 5.41) is 2.97. The Labute approximate surface area is 166 Å². The first-order valence-electron chi connectivity index (χ1n) is 9.38. The second-order valence-corrected chi connectivity index (χ2v) is 8.81. The van der Waals surface area contributed by atoms with Crippen LogP contribution in [0.5, 0.6) is 0 Å². The third-order valence-corrected chi connectivity index (χ3v) is 5.63. The summed E-state index contributed by atoms with van der Waals surface area (Å²) >= 11 is 1.56. The molecule has 0 aliphatic carbocycles. The van der Waals surface area contributed by atoms with Crippen molar-refractivity contribution in [3.8, 4) is 0 Å². The molecule has 2 aromatic carbocycles. The van der Waals surface area contributed by atoms with Gasteiger partial charge in [0.25, 0.3) is 0 Å². The minimum absolute atomic E-state index is 0.0130. The van der Waals surface area contributed by atoms with Gasteiger partial charge in [0, 0.05) is 29.4 Å². The van der Waals surface area contributed by atoms with Crippen molar-refractivity contribution in [1.82, 2.24) is 0 Å². The minimum Gasteiger partial charge on any atom is -0.378 e. The quantitative estimate of drug-likeness (QED) is 0.768. The number of rotatable bonds is 5. The van der Waals surface area contributed by atoms with E-state index in [4.69, 9.17) is 4.74 Å². The van der Waals surface area contributed by atoms with Gasteiger partial charge in [-0.15, -0.1) is 11.8 Å². The van der Waals surface area contributed by atoms with E-state index in [1.807, 2.05) is 12.1 Å². The fraction of sp³-hybridized carbons (Fsp3) is 0.409. The summed E-state index contributed by atoms with van der Waals surface area (Å²) in [6, 6.07) is 16.5. The molecule has 1 aliphatic rings. The number of morpholine rings is 1. The second-order valence-electron chi connectivity index (χ2n) is 7.76. The van der Waals surface area contributed by atoms with Gasteiger partial charge in [-0.1, -0.05) is 32.9 Å². The van der Waals surface area contributed by atoms with Gasteiger partial charge >= 0.3 is 0 Å². The van der Waals surface area contributed by atoms with Crippen LogP contribution >= 0.6 is 11.8 Å². The number of amides is 1. The number of nitrogens with zero attached hydrogens (tertiary/aromatic N) is 1. The Bertz CT molecular complexity index is 745. The molecule has 4 nitrogen and oxygen atoms in total. The van der Waals surface area contributed by atoms with E-state index in [0.29, 0.717) is 5.75 Å². The molecule has 5 heteroatoms. The summed E-state index contributed by atoms with van der Waals surface area (Å²) in [5.74, 6) is 0.416. The van der Waals surface area contributed by atoms with Crippen molar-refractivity contribution >= 4 is 29.0 Å². The van der Waals surface area contributed by atoms with Gasteiger partial charge in [0.1, 0.15) is 0 Å². The van der Waals surface area contributed by atoms with Gasteiger partial charge in [-0.3, -0.25) is 4.79 Å². The van der Waals surface area contributed by atoms with Crippen molar-refractivity contribution in [2.75, 3.05) is 42.3 Å². The van der Waals surface area contributed by atoms with Gasteiger partial charge in [-0.25, -0.2) is 0 Å². The second kappa shape index (κ2) is 8.81. The fourth-order valence-electron chi connectivity index (χ4n) is 2.97. The molecule has 27 heavy (non-hydrogen) atoms. The van der Waals surface area contributed by atoms with Gasteiger partial charge in [-0.2, -0.15) is 0 Å². The Morgan fingerprint density at radius 3 is 2.26 bits per heavy atom. The normalized spacial score (nSPS) is 14.9. The van der Waals surface area contributed by atoms with E-state index in [9.17, 15) is 4.79 Å². The molecule has 0 radical (unpaired) electrons. The smallest absolute Gasteiger partial charge is 0.234 e. The van der Waals surface area contributed by atoms with Crippen LogP contribution in [0.25, 0.3) is 0 Å². The van der Waals surface area contributed by atoms with Gasteiger partial charge in [0.15, 0.2) is 0 Å². The predicted molar refractivity (Wildman–Crippen MR) is 114 cm³/mol. The number of anilines is 2. The SMILES string of the molecule is CC(C)(C)c1ccc(SCC(=O)Nc2ccc(N3CCOCC3)cc2)cc1. The lowest BCUT2D eigenvalue weighted by atomic mass is 9.87. The topological polar surface area (TPSA) is 41.6 Å². The molecule has 0 saturated carbocycles. The van der Waals surface area contributed by atoms with Crippen molar-refractivity contribution in [3.63, 3.8) is 0 Å². The molecule has 1 heterocycles. The molecule has 0 atom stereocenters. The molecule has 1 fully saturated rings. The fourth-order valence-corrected chi connectivity index (χ4v) is 3.67. The molecule has 2 aromatic rings. The zero-order valence-corrected chi connectivity index (χ0v) is 17.1. The van der Waals surface area contributed by atoms with Gasteiger partial charge in [0.2, 0.25) is 5.91 Å². The monoisotopic (exact) mass is 384 g/mol. The maximum absolute atomic E-state index is 12.2. The molecule has 1 N–H and O–H groups in total. The van der Waals surface area contributed by atoms with E-state index >= 15 is 0 Å². The molecule has 0 aromatic heterocycles. The van der Waals surface area contributed by atoms with E-state index in [-0.39, 0.29) is 11.3 Å². The van der Waals surface area contributed by atoms with Crippen molar-refractivity contribution in [2.24, 2.45) is 0 Å². The number of carbonyl (C=O) groups excluding carboxylic acids is 1. The largest absolute Gasteiger partial charge is 0.378 e. The molecule has 144 valence electrons. The van der Waals surface area contributed by atoms with Crippen LogP contribution in [-0.4, -0.2) is 38.0 Å². The average molecular weight is 385 g/mol. The van der Waals surface area contributed by atoms with E-state index in [2.05, 4.69) is 67.4 Å². The lowest BCUT2D eigenvalue weighted by Gasteiger charge is -2.28. The summed E-state index contributed by atoms with van der Waals surface area (Å²) in [6.45, 7) is 9.97. The van der Waals surface area contributed by atoms with Crippen LogP contribution in [0.15, 0.2) is 53.4 Å². The van der Waals surface area contributed by atoms with Crippen molar-refractivity contribution in [2.45, 2.75) is 31.1 Å². The molecule has 0 unspecified atom stereocenters. The molecule has 1 aliphatic heterocycles. The van der Waals surface area contributed by atoms with Crippen LogP contribution in [0.4, 0.5) is 11.4 Å². The third-order valence-electron chi connectivity index (χ3n) is 4.62. The van der Waals surface area contributed by atoms with Crippen LogP contribution in [-0.2, 0) is 14.9 Å². The number of benzene rings is 2. The van der Waals surface area contributed by atoms with Crippen molar-refractivity contribution in [3.05, 3.63) is 54.1 Å². The molecule has 0 spiro atoms. The van der Waals surface area contributed by atoms with Crippen LogP contribution in [0.2, 0.25) is 0 Å². The molecule has 3 rings (SSSR count). The van der Waals surface area contributed by atoms with Gasteiger partial charge in [-0.05, 0) is 47.4 Å². The highest BCUT2D eigenvalue weighted by Crippen LogP contribution is 2.26. The van der Waals surface area contributed by atoms with E-state index in [1.54, 1.807) is 11.8 Å². The first kappa shape index (κ1) is 19.8. The van der Waals surface area contributed by atoms with Crippen molar-refractivity contribution < 1.29 is 9.53 Å². The summed E-state index contributed by atoms with van der Waals surface area (Å²) in [5.41, 5.74) is 3.45. The van der Waals surface area contributed by atoms with Crippen LogP contribution in [0.1, 0.15) is 26.3 Å². The summed E-state index contributed by atoms with van der Waals surface area (Å²) < 4.78 is 5.38. The van der Waals surface area contributed by atoms with E-state index < -0.39 is 0 Å². The van der Waals surface area contributed by atoms with E-state index in [0.717, 1.165) is 36.9 Å². The van der Waals surface area contributed by atoms with E-state index in [1.165, 1.54) is 11.3 Å². The number of ether oxygens (including phenoxy) is 1. The predicted octanol–water partition coefficient (Wildman–Crippen LogP) is 4.55. The Hall–Kier alpha value is -1.98. The highest BCUT2D eigenvalue weighted by molar-refractivity contribution is 8.00. The Morgan fingerprint density at radius 2 is 1.67 bits per heavy atom. The zero-order chi connectivity index (χ0) is 19.3. The molecule has 1 amide bonds. The van der Waals surface area contributed by atoms with Crippen LogP contribution in [0.3, 0.4) is 0 Å². The Balaban J connectivity index is 1.49. The first-order valence-corrected chi connectivity index (χ1v) is 10.4. The van der Waals surface area contributed by atoms with Crippen LogP contribution < -0.4 is 10.2 Å². The lowest BCUT2D eigenvalue weighted by Crippen LogP contribution is -2.36. The highest BCUT2D eigenvalue weighted by atomic mass is 32.2. The zero-order valence-electron chi connectivity index (χ0n) is 16.3. The average Bonchev–Trinajstić information content (AvgIpc) is 2.67. The van der Waals surface area contributed by atoms with Gasteiger partial charge in [0.05, 0.1) is 19.0 Å². The van der Waals surface area contributed by atoms with Gasteiger partial charge < -0.3 is 15.0 Å². The number of hydrogen-bond donors (Lipinski definition) is 1. The standard InChI is InChI=1S/C22H28N2O2S/c1-22(2,3)17-4-10-20(11-5-17)27-16-21(25)23-18-6-8-19(9-7-18)24-12-14-26-15-13-24/h4-11H,12-16H2,1-3H3,(H,23,25).